The summed E-state index contributed by atoms with van der Waals surface area (Å²) in [5, 5.41) is 2.83. The Hall–Kier alpha value is -2.43. The van der Waals surface area contributed by atoms with Gasteiger partial charge in [-0.05, 0) is 43.2 Å². The van der Waals surface area contributed by atoms with Crippen molar-refractivity contribution in [2.24, 2.45) is 0 Å². The van der Waals surface area contributed by atoms with Gasteiger partial charge in [0.2, 0.25) is 0 Å². The molecule has 0 spiro atoms. The second-order valence-corrected chi connectivity index (χ2v) is 6.39. The molecular formula is C19H20F2N2O. The summed E-state index contributed by atoms with van der Waals surface area (Å²) < 4.78 is 28.6. The lowest BCUT2D eigenvalue weighted by Gasteiger charge is -2.30. The molecule has 1 fully saturated rings. The number of hydrogen-bond donors (Lipinski definition) is 2. The molecule has 0 radical (unpaired) electrons. The number of nitrogen functional groups attached to an aromatic ring is 1. The fourth-order valence-corrected chi connectivity index (χ4v) is 3.60. The van der Waals surface area contributed by atoms with Gasteiger partial charge in [0, 0.05) is 28.8 Å². The monoisotopic (exact) mass is 330 g/mol. The molecule has 2 aromatic rings. The van der Waals surface area contributed by atoms with Gasteiger partial charge in [0.05, 0.1) is 0 Å². The predicted molar refractivity (Wildman–Crippen MR) is 89.7 cm³/mol. The lowest BCUT2D eigenvalue weighted by molar-refractivity contribution is 0.0942. The van der Waals surface area contributed by atoms with Crippen molar-refractivity contribution >= 4 is 11.6 Å². The fourth-order valence-electron chi connectivity index (χ4n) is 3.60. The van der Waals surface area contributed by atoms with Crippen LogP contribution in [0.2, 0.25) is 0 Å². The zero-order valence-electron chi connectivity index (χ0n) is 13.3. The van der Waals surface area contributed by atoms with E-state index in [1.807, 2.05) is 0 Å². The van der Waals surface area contributed by atoms with Crippen LogP contribution in [0.25, 0.3) is 0 Å². The van der Waals surface area contributed by atoms with Gasteiger partial charge in [-0.15, -0.1) is 0 Å². The SMILES string of the molecule is Nc1cccc(C(=O)NCC2(c3c(F)cccc3F)CCCC2)c1. The third-order valence-corrected chi connectivity index (χ3v) is 4.79. The molecule has 0 saturated heterocycles. The summed E-state index contributed by atoms with van der Waals surface area (Å²) in [4.78, 5) is 12.3. The minimum absolute atomic E-state index is 0.0929. The number of nitrogens with one attached hydrogen (secondary N) is 1. The summed E-state index contributed by atoms with van der Waals surface area (Å²) in [7, 11) is 0. The third kappa shape index (κ3) is 3.11. The second kappa shape index (κ2) is 6.59. The van der Waals surface area contributed by atoms with E-state index in [2.05, 4.69) is 5.32 Å². The van der Waals surface area contributed by atoms with Crippen molar-refractivity contribution in [1.82, 2.24) is 5.32 Å². The maximum absolute atomic E-state index is 14.3. The molecule has 1 amide bonds. The molecule has 0 aliphatic heterocycles. The van der Waals surface area contributed by atoms with Crippen molar-refractivity contribution in [2.45, 2.75) is 31.1 Å². The molecule has 0 heterocycles. The Kier molecular flexibility index (Phi) is 4.51. The molecule has 3 rings (SSSR count). The smallest absolute Gasteiger partial charge is 0.251 e. The van der Waals surface area contributed by atoms with Crippen LogP contribution in [-0.2, 0) is 5.41 Å². The Morgan fingerprint density at radius 3 is 2.33 bits per heavy atom. The molecule has 3 N–H and O–H groups in total. The van der Waals surface area contributed by atoms with Gasteiger partial charge in [-0.1, -0.05) is 25.0 Å². The molecule has 24 heavy (non-hydrogen) atoms. The molecule has 3 nitrogen and oxygen atoms in total. The number of hydrogen-bond acceptors (Lipinski definition) is 2. The minimum Gasteiger partial charge on any atom is -0.399 e. The summed E-state index contributed by atoms with van der Waals surface area (Å²) >= 11 is 0. The van der Waals surface area contributed by atoms with E-state index < -0.39 is 17.0 Å². The van der Waals surface area contributed by atoms with Crippen LogP contribution in [0.1, 0.15) is 41.6 Å². The quantitative estimate of drug-likeness (QED) is 0.838. The number of nitrogens with two attached hydrogens (primary N) is 1. The second-order valence-electron chi connectivity index (χ2n) is 6.39. The van der Waals surface area contributed by atoms with Crippen LogP contribution >= 0.6 is 0 Å². The van der Waals surface area contributed by atoms with E-state index in [1.165, 1.54) is 18.2 Å². The maximum Gasteiger partial charge on any atom is 0.251 e. The molecule has 5 heteroatoms. The van der Waals surface area contributed by atoms with Crippen LogP contribution in [0.4, 0.5) is 14.5 Å². The largest absolute Gasteiger partial charge is 0.399 e. The van der Waals surface area contributed by atoms with E-state index in [4.69, 9.17) is 5.73 Å². The summed E-state index contributed by atoms with van der Waals surface area (Å²) in [6.07, 6.45) is 3.09. The van der Waals surface area contributed by atoms with E-state index in [1.54, 1.807) is 24.3 Å². The average Bonchev–Trinajstić information content (AvgIpc) is 3.02. The first-order chi connectivity index (χ1) is 11.5. The average molecular weight is 330 g/mol. The van der Waals surface area contributed by atoms with Crippen molar-refractivity contribution < 1.29 is 13.6 Å². The molecule has 1 aliphatic carbocycles. The summed E-state index contributed by atoms with van der Waals surface area (Å²) in [6.45, 7) is 0.207. The van der Waals surface area contributed by atoms with Gasteiger partial charge in [0.15, 0.2) is 0 Å². The maximum atomic E-state index is 14.3. The van der Waals surface area contributed by atoms with Gasteiger partial charge in [-0.2, -0.15) is 0 Å². The van der Waals surface area contributed by atoms with Crippen LogP contribution in [0.5, 0.6) is 0 Å². The van der Waals surface area contributed by atoms with E-state index in [0.29, 0.717) is 24.1 Å². The number of amides is 1. The Balaban J connectivity index is 1.84. The highest BCUT2D eigenvalue weighted by atomic mass is 19.1. The topological polar surface area (TPSA) is 55.1 Å². The van der Waals surface area contributed by atoms with E-state index >= 15 is 0 Å². The molecule has 0 bridgehead atoms. The van der Waals surface area contributed by atoms with E-state index in [9.17, 15) is 13.6 Å². The number of benzene rings is 2. The highest BCUT2D eigenvalue weighted by Gasteiger charge is 2.40. The molecule has 0 unspecified atom stereocenters. The normalized spacial score (nSPS) is 16.1. The first-order valence-corrected chi connectivity index (χ1v) is 8.10. The Bertz CT molecular complexity index is 735. The molecule has 0 aromatic heterocycles. The van der Waals surface area contributed by atoms with Crippen LogP contribution in [0.3, 0.4) is 0 Å². The molecular weight excluding hydrogens is 310 g/mol. The van der Waals surface area contributed by atoms with Crippen LogP contribution < -0.4 is 11.1 Å². The van der Waals surface area contributed by atoms with Gasteiger partial charge >= 0.3 is 0 Å². The van der Waals surface area contributed by atoms with Crippen molar-refractivity contribution in [1.29, 1.82) is 0 Å². The minimum atomic E-state index is -0.689. The van der Waals surface area contributed by atoms with Crippen LogP contribution in [0.15, 0.2) is 42.5 Å². The molecule has 126 valence electrons. The fraction of sp³-hybridized carbons (Fsp3) is 0.316. The lowest BCUT2D eigenvalue weighted by Crippen LogP contribution is -2.40. The first-order valence-electron chi connectivity index (χ1n) is 8.10. The molecule has 1 aliphatic rings. The molecule has 2 aromatic carbocycles. The number of halogens is 2. The number of anilines is 1. The summed E-state index contributed by atoms with van der Waals surface area (Å²) in [5.41, 5.74) is 6.04. The standard InChI is InChI=1S/C19H20F2N2O/c20-15-7-4-8-16(21)17(15)19(9-1-2-10-19)12-23-18(24)13-5-3-6-14(22)11-13/h3-8,11H,1-2,9-10,12,22H2,(H,23,24). The zero-order chi connectivity index (χ0) is 17.2. The van der Waals surface area contributed by atoms with Crippen molar-refractivity contribution in [3.8, 4) is 0 Å². The highest BCUT2D eigenvalue weighted by molar-refractivity contribution is 5.95. The number of rotatable bonds is 4. The Morgan fingerprint density at radius 2 is 1.71 bits per heavy atom. The van der Waals surface area contributed by atoms with Crippen molar-refractivity contribution in [3.63, 3.8) is 0 Å². The number of carbonyl (C=O) groups excluding carboxylic acids is 1. The van der Waals surface area contributed by atoms with Gasteiger partial charge < -0.3 is 11.1 Å². The van der Waals surface area contributed by atoms with E-state index in [-0.39, 0.29) is 18.0 Å². The zero-order valence-corrected chi connectivity index (χ0v) is 13.3. The van der Waals surface area contributed by atoms with Crippen LogP contribution in [0, 0.1) is 11.6 Å². The van der Waals surface area contributed by atoms with Crippen LogP contribution in [-0.4, -0.2) is 12.5 Å². The summed E-state index contributed by atoms with van der Waals surface area (Å²) in [6, 6.07) is 10.6. The first kappa shape index (κ1) is 16.4. The van der Waals surface area contributed by atoms with Gasteiger partial charge in [0.1, 0.15) is 11.6 Å². The van der Waals surface area contributed by atoms with Crippen molar-refractivity contribution in [3.05, 3.63) is 65.2 Å². The Labute approximate surface area is 139 Å². The predicted octanol–water partition coefficient (Wildman–Crippen LogP) is 3.79. The van der Waals surface area contributed by atoms with E-state index in [0.717, 1.165) is 12.8 Å². The third-order valence-electron chi connectivity index (χ3n) is 4.79. The van der Waals surface area contributed by atoms with Gasteiger partial charge in [-0.3, -0.25) is 4.79 Å². The van der Waals surface area contributed by atoms with Gasteiger partial charge in [0.25, 0.3) is 5.91 Å². The highest BCUT2D eigenvalue weighted by Crippen LogP contribution is 2.42. The molecule has 0 atom stereocenters. The number of carbonyl (C=O) groups is 1. The van der Waals surface area contributed by atoms with Gasteiger partial charge in [-0.25, -0.2) is 8.78 Å². The molecule has 1 saturated carbocycles. The Morgan fingerprint density at radius 1 is 1.08 bits per heavy atom. The lowest BCUT2D eigenvalue weighted by atomic mass is 9.78. The van der Waals surface area contributed by atoms with Crippen molar-refractivity contribution in [2.75, 3.05) is 12.3 Å². The summed E-state index contributed by atoms with van der Waals surface area (Å²) in [5.74, 6) is -1.38.